The van der Waals surface area contributed by atoms with E-state index in [4.69, 9.17) is 5.14 Å². The van der Waals surface area contributed by atoms with Gasteiger partial charge in [-0.3, -0.25) is 0 Å². The van der Waals surface area contributed by atoms with E-state index >= 15 is 0 Å². The quantitative estimate of drug-likeness (QED) is 0.473. The highest BCUT2D eigenvalue weighted by molar-refractivity contribution is 7.89. The van der Waals surface area contributed by atoms with E-state index in [9.17, 15) is 30.0 Å². The largest absolute Gasteiger partial charge is 0.417 e. The highest BCUT2D eigenvalue weighted by atomic mass is 32.2. The topological polar surface area (TPSA) is 111 Å². The number of aromatic nitrogens is 1. The molecule has 0 amide bonds. The van der Waals surface area contributed by atoms with E-state index in [0.717, 1.165) is 44.2 Å². The normalized spacial score (nSPS) is 16.4. The van der Waals surface area contributed by atoms with Crippen molar-refractivity contribution in [2.24, 2.45) is 11.1 Å². The summed E-state index contributed by atoms with van der Waals surface area (Å²) in [6.07, 6.45) is 0.467. The summed E-state index contributed by atoms with van der Waals surface area (Å²) in [6, 6.07) is 4.25. The highest BCUT2D eigenvalue weighted by Crippen LogP contribution is 2.39. The van der Waals surface area contributed by atoms with Crippen molar-refractivity contribution in [3.8, 4) is 11.3 Å². The molecule has 1 saturated carbocycles. The van der Waals surface area contributed by atoms with Crippen molar-refractivity contribution < 1.29 is 30.0 Å². The van der Waals surface area contributed by atoms with Crippen molar-refractivity contribution >= 4 is 20.0 Å². The lowest BCUT2D eigenvalue weighted by Gasteiger charge is -2.26. The van der Waals surface area contributed by atoms with E-state index < -0.39 is 42.2 Å². The predicted octanol–water partition coefficient (Wildman–Crippen LogP) is 5.18. The zero-order valence-electron chi connectivity index (χ0n) is 20.9. The van der Waals surface area contributed by atoms with Gasteiger partial charge in [-0.25, -0.2) is 26.7 Å². The second-order valence-corrected chi connectivity index (χ2v) is 13.4. The van der Waals surface area contributed by atoms with Gasteiger partial charge in [-0.1, -0.05) is 32.3 Å². The first-order chi connectivity index (χ1) is 16.5. The Hall–Kier alpha value is -1.89. The molecule has 12 heteroatoms. The Balaban J connectivity index is 2.19. The van der Waals surface area contributed by atoms with Gasteiger partial charge in [0, 0.05) is 23.5 Å². The van der Waals surface area contributed by atoms with Crippen LogP contribution in [0.2, 0.25) is 0 Å². The summed E-state index contributed by atoms with van der Waals surface area (Å²) in [7, 11) is -8.62. The van der Waals surface area contributed by atoms with Crippen LogP contribution in [-0.2, 0) is 32.8 Å². The second-order valence-electron chi connectivity index (χ2n) is 10.2. The maximum Gasteiger partial charge on any atom is 0.417 e. The van der Waals surface area contributed by atoms with E-state index in [1.54, 1.807) is 32.3 Å². The van der Waals surface area contributed by atoms with Gasteiger partial charge in [0.1, 0.15) is 4.90 Å². The molecular formula is C24H34F3N3O4S2. The number of alkyl halides is 3. The van der Waals surface area contributed by atoms with Gasteiger partial charge < -0.3 is 4.57 Å². The van der Waals surface area contributed by atoms with Crippen molar-refractivity contribution in [1.29, 1.82) is 0 Å². The second kappa shape index (κ2) is 10.1. The van der Waals surface area contributed by atoms with Crippen molar-refractivity contribution in [2.45, 2.75) is 94.3 Å². The van der Waals surface area contributed by atoms with Crippen LogP contribution in [0.1, 0.15) is 70.6 Å². The minimum Gasteiger partial charge on any atom is -0.343 e. The predicted molar refractivity (Wildman–Crippen MR) is 132 cm³/mol. The first-order valence-corrected chi connectivity index (χ1v) is 15.0. The molecule has 36 heavy (non-hydrogen) atoms. The fourth-order valence-electron chi connectivity index (χ4n) is 4.65. The van der Waals surface area contributed by atoms with Gasteiger partial charge in [0.2, 0.25) is 20.0 Å². The molecule has 0 saturated heterocycles. The monoisotopic (exact) mass is 549 g/mol. The molecule has 0 atom stereocenters. The highest BCUT2D eigenvalue weighted by Gasteiger charge is 2.39. The number of nitrogens with zero attached hydrogens (tertiary/aromatic N) is 1. The zero-order chi connectivity index (χ0) is 27.1. The van der Waals surface area contributed by atoms with Gasteiger partial charge in [-0.05, 0) is 69.7 Å². The molecule has 0 radical (unpaired) electrons. The van der Waals surface area contributed by atoms with Crippen LogP contribution in [0.4, 0.5) is 13.2 Å². The fourth-order valence-corrected chi connectivity index (χ4v) is 7.14. The lowest BCUT2D eigenvalue weighted by molar-refractivity contribution is -0.139. The van der Waals surface area contributed by atoms with E-state index in [-0.39, 0.29) is 22.1 Å². The average Bonchev–Trinajstić information content (AvgIpc) is 3.09. The van der Waals surface area contributed by atoms with Gasteiger partial charge in [0.15, 0.2) is 0 Å². The molecule has 0 aliphatic heterocycles. The Bertz CT molecular complexity index is 1330. The summed E-state index contributed by atoms with van der Waals surface area (Å²) >= 11 is 0. The summed E-state index contributed by atoms with van der Waals surface area (Å²) in [5.74, 6) is 0.249. The number of rotatable bonds is 8. The fraction of sp³-hybridized carbons (Fsp3) is 0.583. The number of halogens is 3. The smallest absolute Gasteiger partial charge is 0.343 e. The Morgan fingerprint density at radius 2 is 1.64 bits per heavy atom. The van der Waals surface area contributed by atoms with Crippen LogP contribution < -0.4 is 9.86 Å². The number of sulfonamides is 2. The lowest BCUT2D eigenvalue weighted by Crippen LogP contribution is -2.43. The molecule has 1 aromatic heterocycles. The molecule has 7 nitrogen and oxygen atoms in total. The van der Waals surface area contributed by atoms with Crippen LogP contribution in [-0.4, -0.2) is 26.9 Å². The summed E-state index contributed by atoms with van der Waals surface area (Å²) in [5.41, 5.74) is -1.62. The molecule has 1 fully saturated rings. The summed E-state index contributed by atoms with van der Waals surface area (Å²) in [6.45, 7) is 6.91. The first kappa shape index (κ1) is 28.7. The molecule has 1 aromatic carbocycles. The van der Waals surface area contributed by atoms with Crippen LogP contribution in [0.5, 0.6) is 0 Å². The molecular weight excluding hydrogens is 515 g/mol. The van der Waals surface area contributed by atoms with Crippen molar-refractivity contribution in [2.75, 3.05) is 0 Å². The van der Waals surface area contributed by atoms with E-state index in [1.165, 1.54) is 12.1 Å². The van der Waals surface area contributed by atoms with Crippen LogP contribution in [0.25, 0.3) is 11.3 Å². The Labute approximate surface area is 211 Å². The molecule has 2 aromatic rings. The Kier molecular flexibility index (Phi) is 8.05. The van der Waals surface area contributed by atoms with Crippen LogP contribution in [0.3, 0.4) is 0 Å². The molecule has 1 aliphatic carbocycles. The van der Waals surface area contributed by atoms with E-state index in [2.05, 4.69) is 4.72 Å². The van der Waals surface area contributed by atoms with Gasteiger partial charge in [-0.15, -0.1) is 0 Å². The summed E-state index contributed by atoms with van der Waals surface area (Å²) in [4.78, 5) is -1.04. The number of benzene rings is 1. The van der Waals surface area contributed by atoms with Crippen LogP contribution in [0.15, 0.2) is 34.1 Å². The Morgan fingerprint density at radius 3 is 2.17 bits per heavy atom. The third kappa shape index (κ3) is 6.32. The number of primary sulfonamides is 1. The number of nitrogens with two attached hydrogens (primary N) is 1. The van der Waals surface area contributed by atoms with Crippen LogP contribution >= 0.6 is 0 Å². The van der Waals surface area contributed by atoms with Crippen LogP contribution in [0, 0.1) is 12.8 Å². The molecule has 202 valence electrons. The molecule has 3 rings (SSSR count). The number of nitrogens with one attached hydrogen (secondary N) is 1. The lowest BCUT2D eigenvalue weighted by atomic mass is 9.89. The minimum absolute atomic E-state index is 0.0600. The first-order valence-electron chi connectivity index (χ1n) is 11.9. The minimum atomic E-state index is -4.96. The van der Waals surface area contributed by atoms with Crippen molar-refractivity contribution in [3.63, 3.8) is 0 Å². The maximum atomic E-state index is 14.1. The number of hydrogen-bond donors (Lipinski definition) is 2. The van der Waals surface area contributed by atoms with Gasteiger partial charge in [-0.2, -0.15) is 13.2 Å². The molecule has 1 aliphatic rings. The molecule has 0 bridgehead atoms. The summed E-state index contributed by atoms with van der Waals surface area (Å²) in [5, 5.41) is 5.39. The molecule has 0 unspecified atom stereocenters. The van der Waals surface area contributed by atoms with Gasteiger partial charge in [0.05, 0.1) is 10.5 Å². The van der Waals surface area contributed by atoms with Crippen molar-refractivity contribution in [1.82, 2.24) is 9.29 Å². The molecule has 1 heterocycles. The molecule has 0 spiro atoms. The van der Waals surface area contributed by atoms with E-state index in [0.29, 0.717) is 18.7 Å². The number of hydrogen-bond acceptors (Lipinski definition) is 4. The van der Waals surface area contributed by atoms with Gasteiger partial charge in [0.25, 0.3) is 0 Å². The summed E-state index contributed by atoms with van der Waals surface area (Å²) < 4.78 is 96.7. The zero-order valence-corrected chi connectivity index (χ0v) is 22.6. The van der Waals surface area contributed by atoms with E-state index in [1.807, 2.05) is 0 Å². The van der Waals surface area contributed by atoms with Crippen molar-refractivity contribution in [3.05, 3.63) is 35.5 Å². The Morgan fingerprint density at radius 1 is 1.03 bits per heavy atom. The standard InChI is InChI=1S/C24H34F3N3O4S2/c1-5-23(3,4)29-36(33,34)21-12-11-18(13-19(21)24(25,26)27)20-14-22(35(28,31)32)16(2)30(20)15-17-9-7-6-8-10-17/h11-14,17,29H,5-10,15H2,1-4H3,(H2,28,31,32). The molecule has 3 N–H and O–H groups in total. The average molecular weight is 550 g/mol. The third-order valence-corrected chi connectivity index (χ3v) is 9.74. The SMILES string of the molecule is CCC(C)(C)NS(=O)(=O)c1ccc(-c2cc(S(N)(=O)=O)c(C)n2CC2CCCCC2)cc1C(F)(F)F. The van der Waals surface area contributed by atoms with Gasteiger partial charge >= 0.3 is 6.18 Å². The maximum absolute atomic E-state index is 14.1. The third-order valence-electron chi connectivity index (χ3n) is 6.96.